The third-order valence-corrected chi connectivity index (χ3v) is 3.98. The summed E-state index contributed by atoms with van der Waals surface area (Å²) in [5.74, 6) is -0.735. The molecule has 0 bridgehead atoms. The fourth-order valence-corrected chi connectivity index (χ4v) is 2.86. The number of aromatic nitrogens is 1. The maximum atomic E-state index is 13.2. The topological polar surface area (TPSA) is 87.4 Å². The van der Waals surface area contributed by atoms with Crippen LogP contribution in [0.1, 0.15) is 15.9 Å². The lowest BCUT2D eigenvalue weighted by molar-refractivity contribution is 0.0707. The van der Waals surface area contributed by atoms with E-state index in [1.54, 1.807) is 5.48 Å². The van der Waals surface area contributed by atoms with Gasteiger partial charge in [0.15, 0.2) is 5.58 Å². The molecule has 0 saturated heterocycles. The van der Waals surface area contributed by atoms with Crippen molar-refractivity contribution < 1.29 is 18.8 Å². The number of benzene rings is 2. The number of fused-ring (bicyclic) bond motifs is 1. The summed E-state index contributed by atoms with van der Waals surface area (Å²) in [6.07, 6.45) is -0.988. The number of halogens is 2. The molecular weight excluding hydrogens is 416 g/mol. The van der Waals surface area contributed by atoms with Gasteiger partial charge in [-0.05, 0) is 59.3 Å². The van der Waals surface area contributed by atoms with Gasteiger partial charge in [-0.1, -0.05) is 0 Å². The Morgan fingerprint density at radius 2 is 2.09 bits per heavy atom. The molecule has 23 heavy (non-hydrogen) atoms. The number of hydrogen-bond donors (Lipinski definition) is 3. The van der Waals surface area contributed by atoms with Crippen LogP contribution in [0, 0.1) is 16.6 Å². The quantitative estimate of drug-likeness (QED) is 0.337. The number of carbonyl (C=O) groups is 1. The van der Waals surface area contributed by atoms with Crippen molar-refractivity contribution in [1.82, 2.24) is 10.5 Å². The van der Waals surface area contributed by atoms with Crippen LogP contribution >= 0.6 is 22.6 Å². The number of nitrogens with one attached hydrogen (secondary N) is 2. The van der Waals surface area contributed by atoms with Crippen molar-refractivity contribution in [2.45, 2.75) is 6.92 Å². The fourth-order valence-electron chi connectivity index (χ4n) is 2.21. The van der Waals surface area contributed by atoms with Crippen molar-refractivity contribution in [2.75, 3.05) is 5.32 Å². The van der Waals surface area contributed by atoms with Crippen molar-refractivity contribution in [1.29, 1.82) is 0 Å². The molecule has 0 spiro atoms. The summed E-state index contributed by atoms with van der Waals surface area (Å²) in [5, 5.41) is 12.0. The Hall–Kier alpha value is -2.20. The Morgan fingerprint density at radius 3 is 2.78 bits per heavy atom. The summed E-state index contributed by atoms with van der Waals surface area (Å²) in [5.41, 5.74) is 4.18. The highest BCUT2D eigenvalue weighted by atomic mass is 127. The van der Waals surface area contributed by atoms with Crippen molar-refractivity contribution in [3.63, 3.8) is 0 Å². The van der Waals surface area contributed by atoms with Crippen molar-refractivity contribution in [2.24, 2.45) is 0 Å². The first kappa shape index (κ1) is 15.7. The smallest absolute Gasteiger partial charge is 0.382 e. The average Bonchev–Trinajstić information content (AvgIpc) is 2.87. The highest BCUT2D eigenvalue weighted by Crippen LogP contribution is 2.29. The zero-order valence-electron chi connectivity index (χ0n) is 11.9. The maximum Gasteiger partial charge on any atom is 0.382 e. The molecule has 3 aromatic rings. The van der Waals surface area contributed by atoms with E-state index < -0.39 is 12.1 Å². The van der Waals surface area contributed by atoms with Crippen LogP contribution in [0.25, 0.3) is 11.1 Å². The van der Waals surface area contributed by atoms with E-state index in [9.17, 15) is 9.18 Å². The van der Waals surface area contributed by atoms with Gasteiger partial charge in [0.25, 0.3) is 5.91 Å². The van der Waals surface area contributed by atoms with E-state index in [4.69, 9.17) is 9.62 Å². The van der Waals surface area contributed by atoms with Crippen molar-refractivity contribution >= 4 is 51.0 Å². The minimum absolute atomic E-state index is 0.117. The van der Waals surface area contributed by atoms with E-state index in [2.05, 4.69) is 32.9 Å². The largest absolute Gasteiger partial charge is 0.415 e. The SMILES string of the molecule is Cc1cc(I)ccc1Nc1cc2oc(F)nc2cc1C(=O)NO. The number of nitrogens with zero attached hydrogens (tertiary/aromatic N) is 1. The molecule has 3 rings (SSSR count). The first-order valence-corrected chi connectivity index (χ1v) is 7.63. The van der Waals surface area contributed by atoms with Crippen LogP contribution in [0.3, 0.4) is 0 Å². The Labute approximate surface area is 143 Å². The Morgan fingerprint density at radius 1 is 1.30 bits per heavy atom. The lowest BCUT2D eigenvalue weighted by atomic mass is 10.1. The highest BCUT2D eigenvalue weighted by Gasteiger charge is 2.16. The van der Waals surface area contributed by atoms with Crippen molar-refractivity contribution in [3.05, 3.63) is 51.2 Å². The van der Waals surface area contributed by atoms with Crippen LogP contribution in [0.4, 0.5) is 15.8 Å². The van der Waals surface area contributed by atoms with E-state index in [0.717, 1.165) is 14.8 Å². The van der Waals surface area contributed by atoms with E-state index in [1.807, 2.05) is 25.1 Å². The lowest BCUT2D eigenvalue weighted by Gasteiger charge is -2.13. The molecule has 1 aromatic heterocycles. The molecule has 2 aromatic carbocycles. The third-order valence-electron chi connectivity index (χ3n) is 3.31. The molecule has 0 saturated carbocycles. The van der Waals surface area contributed by atoms with Gasteiger partial charge >= 0.3 is 6.14 Å². The number of rotatable bonds is 3. The molecule has 6 nitrogen and oxygen atoms in total. The van der Waals surface area contributed by atoms with Gasteiger partial charge < -0.3 is 9.73 Å². The van der Waals surface area contributed by atoms with Gasteiger partial charge in [-0.25, -0.2) is 5.48 Å². The molecule has 1 amide bonds. The van der Waals surface area contributed by atoms with E-state index >= 15 is 0 Å². The van der Waals surface area contributed by atoms with E-state index in [-0.39, 0.29) is 16.7 Å². The predicted octanol–water partition coefficient (Wildman–Crippen LogP) is 3.74. The van der Waals surface area contributed by atoms with Crippen LogP contribution < -0.4 is 10.8 Å². The average molecular weight is 427 g/mol. The van der Waals surface area contributed by atoms with Gasteiger partial charge in [-0.2, -0.15) is 4.98 Å². The molecule has 8 heteroatoms. The number of carbonyl (C=O) groups excluding carboxylic acids is 1. The number of hydrogen-bond acceptors (Lipinski definition) is 5. The summed E-state index contributed by atoms with van der Waals surface area (Å²) < 4.78 is 19.1. The van der Waals surface area contributed by atoms with Crippen LogP contribution in [0.2, 0.25) is 0 Å². The summed E-state index contributed by atoms with van der Waals surface area (Å²) in [4.78, 5) is 15.4. The van der Waals surface area contributed by atoms with Gasteiger partial charge in [0.2, 0.25) is 0 Å². The zero-order chi connectivity index (χ0) is 16.6. The monoisotopic (exact) mass is 427 g/mol. The maximum absolute atomic E-state index is 13.2. The minimum atomic E-state index is -0.988. The fraction of sp³-hybridized carbons (Fsp3) is 0.0667. The van der Waals surface area contributed by atoms with Crippen LogP contribution in [0.5, 0.6) is 0 Å². The van der Waals surface area contributed by atoms with Gasteiger partial charge in [0.05, 0.1) is 11.3 Å². The molecule has 0 unspecified atom stereocenters. The van der Waals surface area contributed by atoms with E-state index in [0.29, 0.717) is 5.69 Å². The lowest BCUT2D eigenvalue weighted by Crippen LogP contribution is -2.20. The number of oxazole rings is 1. The summed E-state index contributed by atoms with van der Waals surface area (Å²) in [6.45, 7) is 1.92. The second-order valence-corrected chi connectivity index (χ2v) is 6.10. The van der Waals surface area contributed by atoms with Crippen LogP contribution in [-0.4, -0.2) is 16.1 Å². The van der Waals surface area contributed by atoms with Gasteiger partial charge in [0, 0.05) is 15.3 Å². The molecule has 118 valence electrons. The molecule has 0 radical (unpaired) electrons. The molecule has 0 atom stereocenters. The van der Waals surface area contributed by atoms with Gasteiger partial charge in [-0.3, -0.25) is 10.0 Å². The first-order valence-electron chi connectivity index (χ1n) is 6.55. The first-order chi connectivity index (χ1) is 11.0. The second-order valence-electron chi connectivity index (χ2n) is 4.86. The Bertz CT molecular complexity index is 910. The van der Waals surface area contributed by atoms with E-state index in [1.165, 1.54) is 12.1 Å². The van der Waals surface area contributed by atoms with Crippen LogP contribution in [-0.2, 0) is 0 Å². The molecule has 3 N–H and O–H groups in total. The van der Waals surface area contributed by atoms with Gasteiger partial charge in [-0.15, -0.1) is 4.39 Å². The minimum Gasteiger partial charge on any atom is -0.415 e. The number of hydroxylamine groups is 1. The molecular formula is C15H11FIN3O3. The second kappa shape index (κ2) is 6.13. The standard InChI is InChI=1S/C15H11FIN3O3/c1-7-4-8(17)2-3-10(7)18-11-6-13-12(19-15(16)23-13)5-9(11)14(21)20-22/h2-6,18,22H,1H3,(H,20,21). The number of aryl methyl sites for hydroxylation is 1. The van der Waals surface area contributed by atoms with Crippen molar-refractivity contribution in [3.8, 4) is 0 Å². The molecule has 0 aliphatic carbocycles. The third kappa shape index (κ3) is 3.13. The zero-order valence-corrected chi connectivity index (χ0v) is 14.0. The molecule has 1 heterocycles. The summed E-state index contributed by atoms with van der Waals surface area (Å²) in [7, 11) is 0. The number of anilines is 2. The van der Waals surface area contributed by atoms with Gasteiger partial charge in [0.1, 0.15) is 5.52 Å². The summed E-state index contributed by atoms with van der Waals surface area (Å²) >= 11 is 2.20. The summed E-state index contributed by atoms with van der Waals surface area (Å²) in [6, 6.07) is 8.56. The predicted molar refractivity (Wildman–Crippen MR) is 90.4 cm³/mol. The number of amides is 1. The molecule has 0 aliphatic heterocycles. The van der Waals surface area contributed by atoms with Crippen LogP contribution in [0.15, 0.2) is 34.7 Å². The molecule has 0 aliphatic rings. The molecule has 0 fully saturated rings. The highest BCUT2D eigenvalue weighted by molar-refractivity contribution is 14.1. The Kier molecular flexibility index (Phi) is 4.18. The normalized spacial score (nSPS) is 10.8. The Balaban J connectivity index is 2.11.